The topological polar surface area (TPSA) is 26.0 Å². The van der Waals surface area contributed by atoms with Gasteiger partial charge in [0.15, 0.2) is 11.6 Å². The normalized spacial score (nSPS) is 17.9. The largest absolute Gasteiger partial charge is 0.330 e. The molecule has 0 spiro atoms. The second-order valence-electron chi connectivity index (χ2n) is 3.83. The average Bonchev–Trinajstić information content (AvgIpc) is 2.96. The molecule has 1 aliphatic rings. The molecule has 1 saturated carbocycles. The van der Waals surface area contributed by atoms with Gasteiger partial charge in [-0.05, 0) is 18.9 Å². The summed E-state index contributed by atoms with van der Waals surface area (Å²) in [5.41, 5.74) is 4.39. The van der Waals surface area contributed by atoms with E-state index >= 15 is 0 Å². The van der Waals surface area contributed by atoms with Crippen molar-refractivity contribution in [1.82, 2.24) is 0 Å². The maximum absolute atomic E-state index is 13.6. The van der Waals surface area contributed by atoms with Crippen LogP contribution >= 0.6 is 11.6 Å². The average molecular weight is 236 g/mol. The Morgan fingerprint density at radius 2 is 1.87 bits per heavy atom. The van der Waals surface area contributed by atoms with E-state index in [2.05, 4.69) is 0 Å². The first kappa shape index (κ1) is 10.8. The van der Waals surface area contributed by atoms with Crippen LogP contribution in [-0.4, -0.2) is 6.54 Å². The number of hydrogen-bond acceptors (Lipinski definition) is 1. The highest BCUT2D eigenvalue weighted by atomic mass is 35.5. The van der Waals surface area contributed by atoms with Crippen molar-refractivity contribution >= 4 is 11.6 Å². The minimum absolute atomic E-state index is 0.0978. The van der Waals surface area contributed by atoms with Crippen molar-refractivity contribution in [2.24, 2.45) is 5.73 Å². The lowest BCUT2D eigenvalue weighted by Crippen LogP contribution is -2.23. The molecule has 0 atom stereocenters. The van der Waals surface area contributed by atoms with Crippen molar-refractivity contribution in [3.8, 4) is 0 Å². The van der Waals surface area contributed by atoms with E-state index in [9.17, 15) is 13.2 Å². The van der Waals surface area contributed by atoms with Crippen LogP contribution in [0.2, 0.25) is 5.02 Å². The van der Waals surface area contributed by atoms with Crippen molar-refractivity contribution in [1.29, 1.82) is 0 Å². The fourth-order valence-electron chi connectivity index (χ4n) is 1.75. The highest BCUT2D eigenvalue weighted by molar-refractivity contribution is 6.30. The molecule has 82 valence electrons. The lowest BCUT2D eigenvalue weighted by atomic mass is 9.95. The molecule has 1 nitrogen and oxygen atoms in total. The van der Waals surface area contributed by atoms with Gasteiger partial charge in [0.05, 0.1) is 5.02 Å². The molecule has 1 fully saturated rings. The van der Waals surface area contributed by atoms with Gasteiger partial charge in [-0.1, -0.05) is 11.6 Å². The summed E-state index contributed by atoms with van der Waals surface area (Å²) in [5, 5.41) is -0.399. The van der Waals surface area contributed by atoms with E-state index in [4.69, 9.17) is 17.3 Å². The Hall–Kier alpha value is -0.740. The summed E-state index contributed by atoms with van der Waals surface area (Å²) >= 11 is 5.46. The maximum atomic E-state index is 13.6. The molecule has 0 amide bonds. The zero-order valence-electron chi connectivity index (χ0n) is 7.79. The van der Waals surface area contributed by atoms with E-state index in [0.717, 1.165) is 0 Å². The van der Waals surface area contributed by atoms with Crippen LogP contribution in [0.5, 0.6) is 0 Å². The van der Waals surface area contributed by atoms with E-state index in [1.54, 1.807) is 0 Å². The molecule has 1 aromatic rings. The molecule has 2 N–H and O–H groups in total. The summed E-state index contributed by atoms with van der Waals surface area (Å²) in [5.74, 6) is -3.19. The van der Waals surface area contributed by atoms with E-state index in [1.165, 1.54) is 0 Å². The first-order valence-electron chi connectivity index (χ1n) is 4.55. The van der Waals surface area contributed by atoms with Crippen LogP contribution < -0.4 is 5.73 Å². The molecular formula is C10H9ClF3N. The summed E-state index contributed by atoms with van der Waals surface area (Å²) in [6.07, 6.45) is 1.13. The Labute approximate surface area is 90.0 Å². The number of hydrogen-bond donors (Lipinski definition) is 1. The number of halogens is 4. The van der Waals surface area contributed by atoms with Crippen molar-refractivity contribution in [3.63, 3.8) is 0 Å². The second kappa shape index (κ2) is 3.39. The molecule has 0 aromatic heterocycles. The highest BCUT2D eigenvalue weighted by Crippen LogP contribution is 2.50. The molecule has 0 aliphatic heterocycles. The minimum atomic E-state index is -1.17. The molecule has 0 unspecified atom stereocenters. The smallest absolute Gasteiger partial charge is 0.165 e. The van der Waals surface area contributed by atoms with Gasteiger partial charge in [-0.15, -0.1) is 0 Å². The molecule has 0 radical (unpaired) electrons. The van der Waals surface area contributed by atoms with Crippen molar-refractivity contribution in [2.45, 2.75) is 18.3 Å². The molecule has 1 aliphatic carbocycles. The van der Waals surface area contributed by atoms with Crippen LogP contribution in [0.25, 0.3) is 0 Å². The minimum Gasteiger partial charge on any atom is -0.330 e. The number of benzene rings is 1. The monoisotopic (exact) mass is 235 g/mol. The van der Waals surface area contributed by atoms with Crippen LogP contribution in [-0.2, 0) is 5.41 Å². The lowest BCUT2D eigenvalue weighted by molar-refractivity contribution is 0.460. The maximum Gasteiger partial charge on any atom is 0.165 e. The first-order valence-corrected chi connectivity index (χ1v) is 4.93. The Bertz CT molecular complexity index is 389. The van der Waals surface area contributed by atoms with Crippen molar-refractivity contribution in [2.75, 3.05) is 6.54 Å². The third-order valence-electron chi connectivity index (χ3n) is 2.89. The number of rotatable bonds is 2. The summed E-state index contributed by atoms with van der Waals surface area (Å²) < 4.78 is 40.1. The zero-order chi connectivity index (χ0) is 11.2. The van der Waals surface area contributed by atoms with Gasteiger partial charge in [0.25, 0.3) is 0 Å². The molecule has 1 aromatic carbocycles. The Morgan fingerprint density at radius 1 is 1.27 bits per heavy atom. The molecule has 5 heteroatoms. The predicted octanol–water partition coefficient (Wildman–Crippen LogP) is 2.75. The molecule has 0 bridgehead atoms. The fraction of sp³-hybridized carbons (Fsp3) is 0.400. The molecule has 2 rings (SSSR count). The lowest BCUT2D eigenvalue weighted by Gasteiger charge is -2.15. The fourth-order valence-corrected chi connectivity index (χ4v) is 1.94. The van der Waals surface area contributed by atoms with Gasteiger partial charge >= 0.3 is 0 Å². The Balaban J connectivity index is 2.64. The van der Waals surface area contributed by atoms with Gasteiger partial charge in [-0.2, -0.15) is 0 Å². The standard InChI is InChI=1S/C10H9ClF3N/c11-5-3-6(12)9(14)7(8(5)13)10(4-15)1-2-10/h3H,1-2,4,15H2. The van der Waals surface area contributed by atoms with Crippen LogP contribution in [0.15, 0.2) is 6.07 Å². The van der Waals surface area contributed by atoms with E-state index < -0.39 is 27.9 Å². The van der Waals surface area contributed by atoms with Crippen molar-refractivity contribution in [3.05, 3.63) is 34.1 Å². The number of nitrogens with two attached hydrogens (primary N) is 1. The summed E-state index contributed by atoms with van der Waals surface area (Å²) in [7, 11) is 0. The quantitative estimate of drug-likeness (QED) is 0.784. The Morgan fingerprint density at radius 3 is 2.33 bits per heavy atom. The highest BCUT2D eigenvalue weighted by Gasteiger charge is 2.47. The van der Waals surface area contributed by atoms with Gasteiger partial charge in [0, 0.05) is 17.5 Å². The summed E-state index contributed by atoms with van der Waals surface area (Å²) in [6.45, 7) is 0.0978. The third kappa shape index (κ3) is 1.52. The van der Waals surface area contributed by atoms with Crippen LogP contribution in [0.3, 0.4) is 0 Å². The second-order valence-corrected chi connectivity index (χ2v) is 4.23. The summed E-state index contributed by atoms with van der Waals surface area (Å²) in [6, 6.07) is 0.641. The molecular weight excluding hydrogens is 227 g/mol. The van der Waals surface area contributed by atoms with Crippen LogP contribution in [0.4, 0.5) is 13.2 Å². The van der Waals surface area contributed by atoms with Gasteiger partial charge in [-0.25, -0.2) is 13.2 Å². The van der Waals surface area contributed by atoms with E-state index in [-0.39, 0.29) is 12.1 Å². The predicted molar refractivity (Wildman–Crippen MR) is 51.3 cm³/mol. The molecule has 15 heavy (non-hydrogen) atoms. The zero-order valence-corrected chi connectivity index (χ0v) is 8.54. The van der Waals surface area contributed by atoms with Crippen LogP contribution in [0, 0.1) is 17.5 Å². The van der Waals surface area contributed by atoms with E-state index in [0.29, 0.717) is 18.9 Å². The van der Waals surface area contributed by atoms with Gasteiger partial charge in [0.1, 0.15) is 5.82 Å². The van der Waals surface area contributed by atoms with Crippen LogP contribution in [0.1, 0.15) is 18.4 Å². The Kier molecular flexibility index (Phi) is 2.43. The third-order valence-corrected chi connectivity index (χ3v) is 3.16. The summed E-state index contributed by atoms with van der Waals surface area (Å²) in [4.78, 5) is 0. The SMILES string of the molecule is NCC1(c2c(F)c(F)cc(Cl)c2F)CC1. The van der Waals surface area contributed by atoms with Gasteiger partial charge < -0.3 is 5.73 Å². The van der Waals surface area contributed by atoms with Crippen molar-refractivity contribution < 1.29 is 13.2 Å². The first-order chi connectivity index (χ1) is 7.02. The molecule has 0 heterocycles. The van der Waals surface area contributed by atoms with Gasteiger partial charge in [0.2, 0.25) is 0 Å². The van der Waals surface area contributed by atoms with Gasteiger partial charge in [-0.3, -0.25) is 0 Å². The molecule has 0 saturated heterocycles. The van der Waals surface area contributed by atoms with E-state index in [1.807, 2.05) is 0 Å².